The van der Waals surface area contributed by atoms with Crippen LogP contribution in [0.2, 0.25) is 18.1 Å². The predicted molar refractivity (Wildman–Crippen MR) is 100 cm³/mol. The van der Waals surface area contributed by atoms with Crippen molar-refractivity contribution in [2.24, 2.45) is 0 Å². The lowest BCUT2D eigenvalue weighted by molar-refractivity contribution is 0.279. The van der Waals surface area contributed by atoms with Gasteiger partial charge in [-0.05, 0) is 42.6 Å². The van der Waals surface area contributed by atoms with Crippen LogP contribution >= 0.6 is 0 Å². The Hall–Kier alpha value is -1.06. The molecule has 0 fully saturated rings. The van der Waals surface area contributed by atoms with Crippen LogP contribution in [0.4, 0.5) is 5.69 Å². The molecule has 0 spiro atoms. The highest BCUT2D eigenvalue weighted by Crippen LogP contribution is 2.36. The number of para-hydroxylation sites is 1. The molecule has 1 aromatic rings. The van der Waals surface area contributed by atoms with Gasteiger partial charge in [0.25, 0.3) is 0 Å². The third kappa shape index (κ3) is 4.23. The number of hydrogen-bond donors (Lipinski definition) is 0. The van der Waals surface area contributed by atoms with Crippen molar-refractivity contribution in [2.75, 3.05) is 24.6 Å². The fraction of sp³-hybridized carbons (Fsp3) is 0.579. The van der Waals surface area contributed by atoms with Crippen molar-refractivity contribution in [3.8, 4) is 0 Å². The highest BCUT2D eigenvalue weighted by molar-refractivity contribution is 6.74. The molecule has 2 nitrogen and oxygen atoms in total. The van der Waals surface area contributed by atoms with E-state index in [-0.39, 0.29) is 0 Å². The van der Waals surface area contributed by atoms with E-state index in [0.717, 1.165) is 26.1 Å². The second kappa shape index (κ2) is 7.01. The van der Waals surface area contributed by atoms with Crippen molar-refractivity contribution in [1.82, 2.24) is 0 Å². The van der Waals surface area contributed by atoms with Gasteiger partial charge in [0.1, 0.15) is 0 Å². The normalized spacial score (nSPS) is 15.0. The number of unbranched alkanes of at least 4 members (excludes halogenated alkanes) is 1. The minimum absolute atomic E-state index is 0.309. The standard InChI is InChI=1S/C19H31NOSi/c1-19(2,3)22(4,5)21-16-9-8-14-20-15-10-12-17-11-6-7-13-18(17)20/h6-7,10-13H,8-9,14-16H2,1-5H3. The first-order chi connectivity index (χ1) is 10.3. The van der Waals surface area contributed by atoms with E-state index in [0.29, 0.717) is 5.04 Å². The minimum Gasteiger partial charge on any atom is -0.417 e. The van der Waals surface area contributed by atoms with E-state index in [1.165, 1.54) is 17.7 Å². The largest absolute Gasteiger partial charge is 0.417 e. The van der Waals surface area contributed by atoms with Crippen molar-refractivity contribution in [3.05, 3.63) is 35.9 Å². The molecule has 1 aromatic carbocycles. The van der Waals surface area contributed by atoms with Crippen molar-refractivity contribution in [2.45, 2.75) is 51.7 Å². The van der Waals surface area contributed by atoms with Crippen LogP contribution in [0.25, 0.3) is 6.08 Å². The van der Waals surface area contributed by atoms with Crippen LogP contribution in [-0.2, 0) is 4.43 Å². The molecule has 3 heteroatoms. The molecular formula is C19H31NOSi. The number of benzene rings is 1. The lowest BCUT2D eigenvalue weighted by atomic mass is 10.1. The number of hydrogen-bond acceptors (Lipinski definition) is 2. The van der Waals surface area contributed by atoms with Crippen LogP contribution in [0.15, 0.2) is 30.3 Å². The molecule has 0 unspecified atom stereocenters. The second-order valence-corrected chi connectivity index (χ2v) is 12.5. The molecule has 0 bridgehead atoms. The van der Waals surface area contributed by atoms with E-state index in [2.05, 4.69) is 75.2 Å². The van der Waals surface area contributed by atoms with Gasteiger partial charge < -0.3 is 9.33 Å². The van der Waals surface area contributed by atoms with Crippen molar-refractivity contribution in [3.63, 3.8) is 0 Å². The molecule has 0 radical (unpaired) electrons. The summed E-state index contributed by atoms with van der Waals surface area (Å²) < 4.78 is 6.26. The Morgan fingerprint density at radius 3 is 2.59 bits per heavy atom. The zero-order valence-corrected chi connectivity index (χ0v) is 15.9. The summed E-state index contributed by atoms with van der Waals surface area (Å²) in [6.45, 7) is 14.6. The predicted octanol–water partition coefficient (Wildman–Crippen LogP) is 5.32. The Bertz CT molecular complexity index is 516. The second-order valence-electron chi connectivity index (χ2n) is 7.72. The van der Waals surface area contributed by atoms with Gasteiger partial charge in [0.15, 0.2) is 8.32 Å². The van der Waals surface area contributed by atoms with Gasteiger partial charge in [-0.3, -0.25) is 0 Å². The van der Waals surface area contributed by atoms with E-state index < -0.39 is 8.32 Å². The summed E-state index contributed by atoms with van der Waals surface area (Å²) >= 11 is 0. The van der Waals surface area contributed by atoms with E-state index >= 15 is 0 Å². The summed E-state index contributed by atoms with van der Waals surface area (Å²) in [6, 6.07) is 8.66. The molecule has 1 heterocycles. The fourth-order valence-corrected chi connectivity index (χ4v) is 3.57. The molecule has 1 aliphatic rings. The average molecular weight is 318 g/mol. The first-order valence-corrected chi connectivity index (χ1v) is 11.4. The molecule has 0 aliphatic carbocycles. The summed E-state index contributed by atoms with van der Waals surface area (Å²) in [5, 5.41) is 0.309. The topological polar surface area (TPSA) is 12.5 Å². The zero-order chi connectivity index (χ0) is 16.2. The first-order valence-electron chi connectivity index (χ1n) is 8.46. The molecule has 0 saturated heterocycles. The maximum Gasteiger partial charge on any atom is 0.191 e. The fourth-order valence-electron chi connectivity index (χ4n) is 2.48. The summed E-state index contributed by atoms with van der Waals surface area (Å²) in [6.07, 6.45) is 6.83. The van der Waals surface area contributed by atoms with Crippen molar-refractivity contribution in [1.29, 1.82) is 0 Å². The van der Waals surface area contributed by atoms with E-state index in [1.54, 1.807) is 0 Å². The smallest absolute Gasteiger partial charge is 0.191 e. The Kier molecular flexibility index (Phi) is 5.51. The van der Waals surface area contributed by atoms with Gasteiger partial charge in [0, 0.05) is 25.4 Å². The van der Waals surface area contributed by atoms with Crippen LogP contribution in [0, 0.1) is 0 Å². The van der Waals surface area contributed by atoms with Gasteiger partial charge >= 0.3 is 0 Å². The maximum atomic E-state index is 6.26. The number of fused-ring (bicyclic) bond motifs is 1. The molecule has 0 atom stereocenters. The Morgan fingerprint density at radius 1 is 1.14 bits per heavy atom. The highest BCUT2D eigenvalue weighted by atomic mass is 28.4. The van der Waals surface area contributed by atoms with E-state index in [9.17, 15) is 0 Å². The minimum atomic E-state index is -1.58. The Labute approximate surface area is 137 Å². The molecule has 0 amide bonds. The van der Waals surface area contributed by atoms with Gasteiger partial charge in [-0.25, -0.2) is 0 Å². The highest BCUT2D eigenvalue weighted by Gasteiger charge is 2.36. The summed E-state index contributed by atoms with van der Waals surface area (Å²) in [5.41, 5.74) is 2.71. The molecular weight excluding hydrogens is 286 g/mol. The van der Waals surface area contributed by atoms with Crippen LogP contribution in [-0.4, -0.2) is 28.0 Å². The Morgan fingerprint density at radius 2 is 1.86 bits per heavy atom. The third-order valence-corrected chi connectivity index (χ3v) is 9.53. The molecule has 22 heavy (non-hydrogen) atoms. The molecule has 2 rings (SSSR count). The lowest BCUT2D eigenvalue weighted by Gasteiger charge is -2.36. The van der Waals surface area contributed by atoms with E-state index in [4.69, 9.17) is 4.43 Å². The van der Waals surface area contributed by atoms with Gasteiger partial charge in [-0.15, -0.1) is 0 Å². The summed E-state index contributed by atoms with van der Waals surface area (Å²) in [4.78, 5) is 2.47. The van der Waals surface area contributed by atoms with Crippen LogP contribution in [0.3, 0.4) is 0 Å². The molecule has 122 valence electrons. The molecule has 0 aromatic heterocycles. The number of nitrogens with zero attached hydrogens (tertiary/aromatic N) is 1. The maximum absolute atomic E-state index is 6.26. The van der Waals surface area contributed by atoms with E-state index in [1.807, 2.05) is 0 Å². The van der Waals surface area contributed by atoms with Crippen molar-refractivity contribution < 1.29 is 4.43 Å². The molecule has 1 aliphatic heterocycles. The molecule has 0 saturated carbocycles. The first kappa shape index (κ1) is 17.3. The zero-order valence-electron chi connectivity index (χ0n) is 14.9. The van der Waals surface area contributed by atoms with Crippen molar-refractivity contribution >= 4 is 20.1 Å². The van der Waals surface area contributed by atoms with Crippen LogP contribution in [0.5, 0.6) is 0 Å². The third-order valence-electron chi connectivity index (χ3n) is 4.99. The number of anilines is 1. The number of rotatable bonds is 6. The Balaban J connectivity index is 1.75. The molecule has 0 N–H and O–H groups in total. The van der Waals surface area contributed by atoms with Gasteiger partial charge in [0.05, 0.1) is 0 Å². The SMILES string of the molecule is CC(C)(C)[Si](C)(C)OCCCCN1CC=Cc2ccccc21. The van der Waals surface area contributed by atoms with Gasteiger partial charge in [-0.2, -0.15) is 0 Å². The monoisotopic (exact) mass is 317 g/mol. The van der Waals surface area contributed by atoms with Crippen LogP contribution in [0.1, 0.15) is 39.2 Å². The van der Waals surface area contributed by atoms with Gasteiger partial charge in [-0.1, -0.05) is 51.1 Å². The summed E-state index contributed by atoms with van der Waals surface area (Å²) in [5.74, 6) is 0. The quantitative estimate of drug-likeness (QED) is 0.520. The van der Waals surface area contributed by atoms with Gasteiger partial charge in [0.2, 0.25) is 0 Å². The average Bonchev–Trinajstić information content (AvgIpc) is 2.46. The summed E-state index contributed by atoms with van der Waals surface area (Å²) in [7, 11) is -1.58. The van der Waals surface area contributed by atoms with Crippen LogP contribution < -0.4 is 4.90 Å². The lowest BCUT2D eigenvalue weighted by Crippen LogP contribution is -2.41.